The fourth-order valence-corrected chi connectivity index (χ4v) is 3.26. The average molecular weight is 370 g/mol. The van der Waals surface area contributed by atoms with Gasteiger partial charge in [-0.05, 0) is 37.6 Å². The molecule has 0 amide bonds. The fourth-order valence-electron chi connectivity index (χ4n) is 2.39. The molecule has 2 heterocycles. The number of hydrogen-bond donors (Lipinski definition) is 0. The predicted octanol–water partition coefficient (Wildman–Crippen LogP) is 5.61. The second kappa shape index (κ2) is 6.59. The lowest BCUT2D eigenvalue weighted by molar-refractivity contribution is -0.139. The van der Waals surface area contributed by atoms with E-state index in [1.54, 1.807) is 6.07 Å². The third kappa shape index (κ3) is 3.58. The normalized spacial score (nSPS) is 11.9. The smallest absolute Gasteiger partial charge is 0.419 e. The van der Waals surface area contributed by atoms with Crippen molar-refractivity contribution in [3.8, 4) is 17.3 Å². The molecule has 3 nitrogen and oxygen atoms in total. The van der Waals surface area contributed by atoms with Gasteiger partial charge in [0.1, 0.15) is 10.6 Å². The van der Waals surface area contributed by atoms with Crippen LogP contribution in [0, 0.1) is 12.7 Å². The van der Waals surface area contributed by atoms with Gasteiger partial charge in [-0.15, -0.1) is 11.3 Å². The van der Waals surface area contributed by atoms with E-state index in [9.17, 15) is 17.6 Å². The number of fused-ring (bicyclic) bond motifs is 1. The summed E-state index contributed by atoms with van der Waals surface area (Å²) in [6, 6.07) is 4.76. The van der Waals surface area contributed by atoms with E-state index in [0.717, 1.165) is 23.4 Å². The number of alkyl halides is 3. The second-order valence-corrected chi connectivity index (χ2v) is 6.71. The van der Waals surface area contributed by atoms with Crippen LogP contribution in [0.5, 0.6) is 6.01 Å². The summed E-state index contributed by atoms with van der Waals surface area (Å²) in [5, 5.41) is 0.617. The van der Waals surface area contributed by atoms with Gasteiger partial charge in [-0.1, -0.05) is 6.92 Å². The van der Waals surface area contributed by atoms with Crippen molar-refractivity contribution < 1.29 is 22.3 Å². The summed E-state index contributed by atoms with van der Waals surface area (Å²) in [7, 11) is 0. The van der Waals surface area contributed by atoms with E-state index in [1.807, 2.05) is 13.8 Å². The maximum atomic E-state index is 13.6. The summed E-state index contributed by atoms with van der Waals surface area (Å²) in [5.41, 5.74) is -0.856. The van der Waals surface area contributed by atoms with Crippen molar-refractivity contribution in [2.45, 2.75) is 26.4 Å². The van der Waals surface area contributed by atoms with Crippen molar-refractivity contribution in [3.63, 3.8) is 0 Å². The van der Waals surface area contributed by atoms with Crippen LogP contribution in [0.15, 0.2) is 24.3 Å². The quantitative estimate of drug-likeness (QED) is 0.560. The van der Waals surface area contributed by atoms with Crippen LogP contribution in [0.2, 0.25) is 0 Å². The van der Waals surface area contributed by atoms with Gasteiger partial charge in [0.05, 0.1) is 17.9 Å². The van der Waals surface area contributed by atoms with Crippen molar-refractivity contribution in [1.29, 1.82) is 0 Å². The molecule has 8 heteroatoms. The minimum atomic E-state index is -4.78. The van der Waals surface area contributed by atoms with Crippen molar-refractivity contribution >= 4 is 21.6 Å². The fraction of sp³-hybridized carbons (Fsp3) is 0.294. The van der Waals surface area contributed by atoms with Gasteiger partial charge in [-0.2, -0.15) is 23.1 Å². The van der Waals surface area contributed by atoms with E-state index in [4.69, 9.17) is 4.74 Å². The molecule has 3 rings (SSSR count). The number of thiophene rings is 1. The van der Waals surface area contributed by atoms with Crippen LogP contribution in [-0.4, -0.2) is 16.6 Å². The lowest BCUT2D eigenvalue weighted by Crippen LogP contribution is -2.08. The molecule has 3 aromatic rings. The molecule has 0 saturated carbocycles. The van der Waals surface area contributed by atoms with Crippen LogP contribution in [0.25, 0.3) is 21.5 Å². The van der Waals surface area contributed by atoms with Crippen LogP contribution in [0.4, 0.5) is 17.6 Å². The Morgan fingerprint density at radius 2 is 1.92 bits per heavy atom. The van der Waals surface area contributed by atoms with Gasteiger partial charge in [0, 0.05) is 15.8 Å². The highest BCUT2D eigenvalue weighted by Crippen LogP contribution is 2.37. The Kier molecular flexibility index (Phi) is 4.64. The van der Waals surface area contributed by atoms with Crippen LogP contribution >= 0.6 is 11.3 Å². The molecule has 0 aliphatic rings. The molecule has 0 saturated heterocycles. The zero-order valence-electron chi connectivity index (χ0n) is 13.4. The minimum Gasteiger partial charge on any atom is -0.463 e. The maximum Gasteiger partial charge on any atom is 0.419 e. The summed E-state index contributed by atoms with van der Waals surface area (Å²) in [6.45, 7) is 4.19. The van der Waals surface area contributed by atoms with Gasteiger partial charge >= 0.3 is 12.2 Å². The molecular formula is C17H14F4N2OS. The molecule has 0 spiro atoms. The standard InChI is InChI=1S/C17H14F4N2OS/c1-3-6-24-16-22-14(11-7-9(2)25-15(11)23-16)10-4-5-13(18)12(8-10)17(19,20)21/h4-5,7-8H,3,6H2,1-2H3. The first-order valence-electron chi connectivity index (χ1n) is 7.57. The zero-order chi connectivity index (χ0) is 18.2. The zero-order valence-corrected chi connectivity index (χ0v) is 14.3. The van der Waals surface area contributed by atoms with Gasteiger partial charge in [0.2, 0.25) is 0 Å². The Morgan fingerprint density at radius 1 is 1.16 bits per heavy atom. The monoisotopic (exact) mass is 370 g/mol. The average Bonchev–Trinajstić information content (AvgIpc) is 2.91. The molecular weight excluding hydrogens is 356 g/mol. The van der Waals surface area contributed by atoms with E-state index < -0.39 is 17.6 Å². The largest absolute Gasteiger partial charge is 0.463 e. The summed E-state index contributed by atoms with van der Waals surface area (Å²) >= 11 is 1.39. The SMILES string of the molecule is CCCOc1nc(-c2ccc(F)c(C(F)(F)F)c2)c2cc(C)sc2n1. The molecule has 132 valence electrons. The molecule has 25 heavy (non-hydrogen) atoms. The van der Waals surface area contributed by atoms with Gasteiger partial charge in [0.15, 0.2) is 0 Å². The van der Waals surface area contributed by atoms with Gasteiger partial charge < -0.3 is 4.74 Å². The molecule has 0 fully saturated rings. The third-order valence-electron chi connectivity index (χ3n) is 3.48. The lowest BCUT2D eigenvalue weighted by atomic mass is 10.0. The van der Waals surface area contributed by atoms with E-state index in [0.29, 0.717) is 22.5 Å². The van der Waals surface area contributed by atoms with Crippen molar-refractivity contribution in [3.05, 3.63) is 40.5 Å². The van der Waals surface area contributed by atoms with Crippen LogP contribution in [0.3, 0.4) is 0 Å². The van der Waals surface area contributed by atoms with Crippen LogP contribution in [-0.2, 0) is 6.18 Å². The number of aromatic nitrogens is 2. The Hall–Kier alpha value is -2.22. The molecule has 0 aliphatic carbocycles. The van der Waals surface area contributed by atoms with Gasteiger partial charge in [0.25, 0.3) is 0 Å². The molecule has 0 unspecified atom stereocenters. The van der Waals surface area contributed by atoms with Gasteiger partial charge in [-0.25, -0.2) is 4.39 Å². The first-order valence-corrected chi connectivity index (χ1v) is 8.39. The topological polar surface area (TPSA) is 35.0 Å². The Bertz CT molecular complexity index is 921. The summed E-state index contributed by atoms with van der Waals surface area (Å²) in [5.74, 6) is -1.31. The highest BCUT2D eigenvalue weighted by atomic mass is 32.1. The summed E-state index contributed by atoms with van der Waals surface area (Å²) in [4.78, 5) is 10.1. The number of benzene rings is 1. The Labute approximate surface area is 145 Å². The predicted molar refractivity (Wildman–Crippen MR) is 88.3 cm³/mol. The molecule has 2 aromatic heterocycles. The summed E-state index contributed by atoms with van der Waals surface area (Å²) in [6.07, 6.45) is -4.03. The number of rotatable bonds is 4. The highest BCUT2D eigenvalue weighted by molar-refractivity contribution is 7.18. The number of ether oxygens (including phenoxy) is 1. The summed E-state index contributed by atoms with van der Waals surface area (Å²) < 4.78 is 58.1. The van der Waals surface area contributed by atoms with Crippen molar-refractivity contribution in [1.82, 2.24) is 9.97 Å². The molecule has 0 aliphatic heterocycles. The Morgan fingerprint density at radius 3 is 2.60 bits per heavy atom. The molecule has 0 N–H and O–H groups in total. The van der Waals surface area contributed by atoms with E-state index in [1.165, 1.54) is 17.4 Å². The van der Waals surface area contributed by atoms with Crippen LogP contribution in [0.1, 0.15) is 23.8 Å². The molecule has 0 radical (unpaired) electrons. The van der Waals surface area contributed by atoms with Crippen LogP contribution < -0.4 is 4.74 Å². The number of halogens is 4. The second-order valence-electron chi connectivity index (χ2n) is 5.47. The molecule has 0 bridgehead atoms. The Balaban J connectivity index is 2.20. The molecule has 1 aromatic carbocycles. The molecule has 0 atom stereocenters. The first kappa shape index (κ1) is 17.6. The van der Waals surface area contributed by atoms with E-state index >= 15 is 0 Å². The van der Waals surface area contributed by atoms with Gasteiger partial charge in [-0.3, -0.25) is 0 Å². The maximum absolute atomic E-state index is 13.6. The third-order valence-corrected chi connectivity index (χ3v) is 4.42. The number of nitrogens with zero attached hydrogens (tertiary/aromatic N) is 2. The van der Waals surface area contributed by atoms with Crippen molar-refractivity contribution in [2.75, 3.05) is 6.61 Å². The van der Waals surface area contributed by atoms with E-state index in [2.05, 4.69) is 9.97 Å². The minimum absolute atomic E-state index is 0.101. The highest BCUT2D eigenvalue weighted by Gasteiger charge is 2.34. The first-order chi connectivity index (χ1) is 11.8. The van der Waals surface area contributed by atoms with Crippen molar-refractivity contribution in [2.24, 2.45) is 0 Å². The van der Waals surface area contributed by atoms with E-state index in [-0.39, 0.29) is 11.6 Å². The number of aryl methyl sites for hydroxylation is 1. The number of hydrogen-bond acceptors (Lipinski definition) is 4. The lowest BCUT2D eigenvalue weighted by Gasteiger charge is -2.11.